The molecule has 0 aliphatic carbocycles. The van der Waals surface area contributed by atoms with Crippen LogP contribution in [0.1, 0.15) is 31.9 Å². The highest BCUT2D eigenvalue weighted by atomic mass is 127. The van der Waals surface area contributed by atoms with Crippen LogP contribution in [0.2, 0.25) is 0 Å². The van der Waals surface area contributed by atoms with Gasteiger partial charge in [0, 0.05) is 32.1 Å². The molecule has 1 heterocycles. The van der Waals surface area contributed by atoms with E-state index in [-0.39, 0.29) is 24.0 Å². The summed E-state index contributed by atoms with van der Waals surface area (Å²) in [4.78, 5) is 6.96. The lowest BCUT2D eigenvalue weighted by molar-refractivity contribution is 0.282. The number of benzene rings is 1. The molecule has 6 heteroatoms. The van der Waals surface area contributed by atoms with Crippen molar-refractivity contribution in [2.45, 2.75) is 39.7 Å². The smallest absolute Gasteiger partial charge is 0.191 e. The first-order chi connectivity index (χ1) is 11.6. The molecule has 0 fully saturated rings. The summed E-state index contributed by atoms with van der Waals surface area (Å²) in [7, 11) is 2.14. The van der Waals surface area contributed by atoms with Crippen molar-refractivity contribution in [3.05, 3.63) is 29.3 Å². The number of hydrogen-bond donors (Lipinski definition) is 2. The highest BCUT2D eigenvalue weighted by Gasteiger charge is 2.11. The Kier molecular flexibility index (Phi) is 10.2. The second-order valence-electron chi connectivity index (χ2n) is 6.55. The first-order valence-electron chi connectivity index (χ1n) is 9.07. The highest BCUT2D eigenvalue weighted by Crippen LogP contribution is 2.25. The fourth-order valence-corrected chi connectivity index (χ4v) is 2.64. The van der Waals surface area contributed by atoms with E-state index in [1.807, 2.05) is 0 Å². The van der Waals surface area contributed by atoms with Crippen LogP contribution in [0.3, 0.4) is 0 Å². The molecule has 142 valence electrons. The third-order valence-electron chi connectivity index (χ3n) is 4.41. The summed E-state index contributed by atoms with van der Waals surface area (Å²) in [5.74, 6) is 1.95. The minimum absolute atomic E-state index is 0. The molecule has 1 aromatic rings. The molecule has 0 unspecified atom stereocenters. The quantitative estimate of drug-likeness (QED) is 0.356. The molecule has 0 bridgehead atoms. The minimum atomic E-state index is 0. The van der Waals surface area contributed by atoms with Gasteiger partial charge in [-0.05, 0) is 51.4 Å². The van der Waals surface area contributed by atoms with Crippen molar-refractivity contribution in [1.29, 1.82) is 0 Å². The van der Waals surface area contributed by atoms with E-state index in [1.54, 1.807) is 0 Å². The number of likely N-dealkylation sites (N-methyl/N-ethyl adjacent to an activating group) is 1. The molecule has 0 saturated heterocycles. The van der Waals surface area contributed by atoms with Gasteiger partial charge in [-0.1, -0.05) is 12.1 Å². The third kappa shape index (κ3) is 7.40. The number of nitrogens with zero attached hydrogens (tertiary/aromatic N) is 2. The number of ether oxygens (including phenoxy) is 1. The topological polar surface area (TPSA) is 48.9 Å². The Bertz CT molecular complexity index is 548. The average Bonchev–Trinajstić information content (AvgIpc) is 3.02. The molecule has 0 radical (unpaired) electrons. The monoisotopic (exact) mass is 460 g/mol. The molecular formula is C19H33IN4O. The van der Waals surface area contributed by atoms with E-state index < -0.39 is 0 Å². The molecule has 1 aliphatic heterocycles. The standard InChI is InChI=1S/C19H32N4O.HI/c1-5-20-19(22-11-12-23(4)15(2)3)21-10-8-16-6-7-18-17(14-16)9-13-24-18;/h6-7,14-15H,5,8-13H2,1-4H3,(H2,20,21,22);1H. The van der Waals surface area contributed by atoms with Crippen molar-refractivity contribution >= 4 is 29.9 Å². The normalized spacial score (nSPS) is 13.4. The number of fused-ring (bicyclic) bond motifs is 1. The number of aliphatic imine (C=N–C) groups is 1. The van der Waals surface area contributed by atoms with Gasteiger partial charge in [0.2, 0.25) is 0 Å². The van der Waals surface area contributed by atoms with Crippen LogP contribution in [0.25, 0.3) is 0 Å². The van der Waals surface area contributed by atoms with Crippen LogP contribution in [0.5, 0.6) is 5.75 Å². The fourth-order valence-electron chi connectivity index (χ4n) is 2.64. The number of rotatable bonds is 8. The van der Waals surface area contributed by atoms with Crippen LogP contribution >= 0.6 is 24.0 Å². The van der Waals surface area contributed by atoms with Crippen LogP contribution < -0.4 is 15.4 Å². The lowest BCUT2D eigenvalue weighted by Crippen LogP contribution is -2.39. The molecule has 0 atom stereocenters. The predicted octanol–water partition coefficient (Wildman–Crippen LogP) is 2.68. The molecule has 0 saturated carbocycles. The second kappa shape index (κ2) is 11.6. The predicted molar refractivity (Wildman–Crippen MR) is 117 cm³/mol. The summed E-state index contributed by atoms with van der Waals surface area (Å²) in [6.07, 6.45) is 2.02. The van der Waals surface area contributed by atoms with Gasteiger partial charge in [-0.2, -0.15) is 0 Å². The van der Waals surface area contributed by atoms with E-state index in [0.29, 0.717) is 6.04 Å². The summed E-state index contributed by atoms with van der Waals surface area (Å²) in [6, 6.07) is 7.08. The number of halogens is 1. The van der Waals surface area contributed by atoms with Crippen molar-refractivity contribution in [3.8, 4) is 5.75 Å². The fraction of sp³-hybridized carbons (Fsp3) is 0.632. The zero-order chi connectivity index (χ0) is 17.4. The summed E-state index contributed by atoms with van der Waals surface area (Å²) in [5, 5.41) is 6.74. The van der Waals surface area contributed by atoms with Gasteiger partial charge in [-0.15, -0.1) is 24.0 Å². The maximum atomic E-state index is 5.56. The van der Waals surface area contributed by atoms with Gasteiger partial charge in [-0.3, -0.25) is 4.99 Å². The Morgan fingerprint density at radius 1 is 1.32 bits per heavy atom. The summed E-state index contributed by atoms with van der Waals surface area (Å²) < 4.78 is 5.56. The van der Waals surface area contributed by atoms with Gasteiger partial charge >= 0.3 is 0 Å². The second-order valence-corrected chi connectivity index (χ2v) is 6.55. The van der Waals surface area contributed by atoms with Gasteiger partial charge in [0.05, 0.1) is 13.2 Å². The summed E-state index contributed by atoms with van der Waals surface area (Å²) >= 11 is 0. The zero-order valence-corrected chi connectivity index (χ0v) is 18.3. The van der Waals surface area contributed by atoms with E-state index in [2.05, 4.69) is 66.5 Å². The summed E-state index contributed by atoms with van der Waals surface area (Å²) in [6.45, 7) is 10.9. The Balaban J connectivity index is 0.00000312. The van der Waals surface area contributed by atoms with Crippen molar-refractivity contribution < 1.29 is 4.74 Å². The van der Waals surface area contributed by atoms with Crippen LogP contribution in [0.15, 0.2) is 23.2 Å². The van der Waals surface area contributed by atoms with Crippen molar-refractivity contribution in [2.24, 2.45) is 4.99 Å². The molecule has 5 nitrogen and oxygen atoms in total. The van der Waals surface area contributed by atoms with Gasteiger partial charge in [0.15, 0.2) is 5.96 Å². The first kappa shape index (κ1) is 22.0. The van der Waals surface area contributed by atoms with Gasteiger partial charge < -0.3 is 20.3 Å². The van der Waals surface area contributed by atoms with Crippen molar-refractivity contribution in [2.75, 3.05) is 39.8 Å². The van der Waals surface area contributed by atoms with Crippen molar-refractivity contribution in [3.63, 3.8) is 0 Å². The van der Waals surface area contributed by atoms with Gasteiger partial charge in [0.25, 0.3) is 0 Å². The van der Waals surface area contributed by atoms with Crippen LogP contribution in [-0.4, -0.2) is 56.7 Å². The lowest BCUT2D eigenvalue weighted by Gasteiger charge is -2.20. The summed E-state index contributed by atoms with van der Waals surface area (Å²) in [5.41, 5.74) is 2.69. The van der Waals surface area contributed by atoms with Crippen LogP contribution in [0, 0.1) is 0 Å². The molecule has 1 aliphatic rings. The first-order valence-corrected chi connectivity index (χ1v) is 9.07. The van der Waals surface area contributed by atoms with Gasteiger partial charge in [0.1, 0.15) is 5.75 Å². The van der Waals surface area contributed by atoms with Crippen LogP contribution in [-0.2, 0) is 12.8 Å². The van der Waals surface area contributed by atoms with E-state index in [1.165, 1.54) is 11.1 Å². The van der Waals surface area contributed by atoms with Crippen molar-refractivity contribution in [1.82, 2.24) is 15.5 Å². The molecule has 0 spiro atoms. The molecule has 0 aromatic heterocycles. The number of guanidine groups is 1. The Morgan fingerprint density at radius 3 is 2.84 bits per heavy atom. The maximum absolute atomic E-state index is 5.56. The third-order valence-corrected chi connectivity index (χ3v) is 4.41. The molecule has 2 rings (SSSR count). The Hall–Kier alpha value is -1.02. The van der Waals surface area contributed by atoms with E-state index in [0.717, 1.165) is 57.3 Å². The molecule has 2 N–H and O–H groups in total. The molecule has 25 heavy (non-hydrogen) atoms. The highest BCUT2D eigenvalue weighted by molar-refractivity contribution is 14.0. The van der Waals surface area contributed by atoms with E-state index >= 15 is 0 Å². The van der Waals surface area contributed by atoms with Gasteiger partial charge in [-0.25, -0.2) is 0 Å². The lowest BCUT2D eigenvalue weighted by atomic mass is 10.1. The average molecular weight is 460 g/mol. The minimum Gasteiger partial charge on any atom is -0.493 e. The zero-order valence-electron chi connectivity index (χ0n) is 16.0. The number of hydrogen-bond acceptors (Lipinski definition) is 3. The Morgan fingerprint density at radius 2 is 2.12 bits per heavy atom. The SMILES string of the molecule is CCNC(=NCCN(C)C(C)C)NCCc1ccc2c(c1)CCO2.I. The number of nitrogens with one attached hydrogen (secondary N) is 2. The van der Waals surface area contributed by atoms with Crippen LogP contribution in [0.4, 0.5) is 0 Å². The molecular weight excluding hydrogens is 427 g/mol. The molecule has 1 aromatic carbocycles. The Labute approximate surface area is 169 Å². The van der Waals surface area contributed by atoms with E-state index in [9.17, 15) is 0 Å². The maximum Gasteiger partial charge on any atom is 0.191 e. The largest absolute Gasteiger partial charge is 0.493 e. The van der Waals surface area contributed by atoms with E-state index in [4.69, 9.17) is 4.74 Å². The molecule has 0 amide bonds.